The summed E-state index contributed by atoms with van der Waals surface area (Å²) in [7, 11) is 1.73. The van der Waals surface area contributed by atoms with Crippen molar-refractivity contribution in [2.75, 3.05) is 13.7 Å². The van der Waals surface area contributed by atoms with E-state index in [-0.39, 0.29) is 5.54 Å². The van der Waals surface area contributed by atoms with Crippen LogP contribution in [0.3, 0.4) is 0 Å². The Morgan fingerprint density at radius 3 is 2.29 bits per heavy atom. The smallest absolute Gasteiger partial charge is 0.122 e. The zero-order valence-corrected chi connectivity index (χ0v) is 15.1. The van der Waals surface area contributed by atoms with Gasteiger partial charge in [0.05, 0.1) is 7.11 Å². The first-order chi connectivity index (χ1) is 9.82. The Hall–Kier alpha value is -0.730. The Kier molecular flexibility index (Phi) is 7.02. The summed E-state index contributed by atoms with van der Waals surface area (Å²) in [6.45, 7) is 12.1. The summed E-state index contributed by atoms with van der Waals surface area (Å²) in [4.78, 5) is 0. The minimum absolute atomic E-state index is 0.107. The molecule has 0 radical (unpaired) electrons. The summed E-state index contributed by atoms with van der Waals surface area (Å²) in [5, 5.41) is 4.42. The number of hydrogen-bond acceptors (Lipinski definition) is 2. The Morgan fingerprint density at radius 1 is 1.19 bits per heavy atom. The number of ether oxygens (including phenoxy) is 1. The van der Waals surface area contributed by atoms with Crippen molar-refractivity contribution in [3.05, 3.63) is 28.8 Å². The number of halogens is 1. The molecular formula is C18H30ClNO. The zero-order chi connectivity index (χ0) is 16.0. The third-order valence-corrected chi connectivity index (χ3v) is 4.30. The quantitative estimate of drug-likeness (QED) is 0.742. The molecule has 1 atom stereocenters. The second kappa shape index (κ2) is 8.05. The van der Waals surface area contributed by atoms with E-state index < -0.39 is 0 Å². The Labute approximate surface area is 135 Å². The minimum Gasteiger partial charge on any atom is -0.496 e. The second-order valence-corrected chi connectivity index (χ2v) is 7.14. The molecule has 1 rings (SSSR count). The molecule has 0 fully saturated rings. The highest BCUT2D eigenvalue weighted by atomic mass is 35.5. The van der Waals surface area contributed by atoms with Crippen molar-refractivity contribution in [2.24, 2.45) is 5.92 Å². The summed E-state index contributed by atoms with van der Waals surface area (Å²) in [6.07, 6.45) is 2.31. The topological polar surface area (TPSA) is 21.3 Å². The van der Waals surface area contributed by atoms with Gasteiger partial charge in [0.15, 0.2) is 0 Å². The Morgan fingerprint density at radius 2 is 1.81 bits per heavy atom. The van der Waals surface area contributed by atoms with Crippen LogP contribution in [0.25, 0.3) is 0 Å². The molecule has 2 nitrogen and oxygen atoms in total. The lowest BCUT2D eigenvalue weighted by Gasteiger charge is -2.31. The molecule has 0 spiro atoms. The minimum atomic E-state index is 0.107. The maximum Gasteiger partial charge on any atom is 0.122 e. The van der Waals surface area contributed by atoms with E-state index in [1.54, 1.807) is 7.11 Å². The van der Waals surface area contributed by atoms with E-state index in [1.165, 1.54) is 5.56 Å². The van der Waals surface area contributed by atoms with E-state index in [0.717, 1.165) is 30.2 Å². The van der Waals surface area contributed by atoms with E-state index in [2.05, 4.69) is 46.0 Å². The average Bonchev–Trinajstić information content (AvgIpc) is 2.42. The van der Waals surface area contributed by atoms with Gasteiger partial charge in [0.2, 0.25) is 0 Å². The molecule has 21 heavy (non-hydrogen) atoms. The first kappa shape index (κ1) is 18.3. The molecule has 0 aliphatic heterocycles. The molecule has 1 aromatic rings. The van der Waals surface area contributed by atoms with Crippen molar-refractivity contribution in [2.45, 2.75) is 58.9 Å². The number of methoxy groups -OCH3 is 1. The maximum absolute atomic E-state index is 6.22. The standard InChI is InChI=1S/C18H30ClNO/c1-7-13(8-2)16(12-20-18(3,4)5)15-11-14(19)9-10-17(15)21-6/h9-11,13,16,20H,7-8,12H2,1-6H3. The number of nitrogens with one attached hydrogen (secondary N) is 1. The molecule has 1 aromatic carbocycles. The summed E-state index contributed by atoms with van der Waals surface area (Å²) >= 11 is 6.22. The fraction of sp³-hybridized carbons (Fsp3) is 0.667. The van der Waals surface area contributed by atoms with Gasteiger partial charge in [0.1, 0.15) is 5.75 Å². The number of hydrogen-bond donors (Lipinski definition) is 1. The molecule has 1 unspecified atom stereocenters. The van der Waals surface area contributed by atoms with Gasteiger partial charge in [-0.15, -0.1) is 0 Å². The molecule has 3 heteroatoms. The van der Waals surface area contributed by atoms with Crippen LogP contribution in [-0.2, 0) is 0 Å². The van der Waals surface area contributed by atoms with Crippen LogP contribution >= 0.6 is 11.6 Å². The second-order valence-electron chi connectivity index (χ2n) is 6.70. The van der Waals surface area contributed by atoms with Gasteiger partial charge in [-0.25, -0.2) is 0 Å². The van der Waals surface area contributed by atoms with Crippen molar-refractivity contribution in [1.29, 1.82) is 0 Å². The largest absolute Gasteiger partial charge is 0.496 e. The normalized spacial score (nSPS) is 13.5. The Balaban J connectivity index is 3.13. The highest BCUT2D eigenvalue weighted by Gasteiger charge is 2.25. The lowest BCUT2D eigenvalue weighted by molar-refractivity contribution is 0.324. The van der Waals surface area contributed by atoms with E-state index in [4.69, 9.17) is 16.3 Å². The van der Waals surface area contributed by atoms with Gasteiger partial charge in [-0.1, -0.05) is 38.3 Å². The van der Waals surface area contributed by atoms with Gasteiger partial charge in [0, 0.05) is 28.6 Å². The van der Waals surface area contributed by atoms with Gasteiger partial charge >= 0.3 is 0 Å². The number of benzene rings is 1. The third-order valence-electron chi connectivity index (χ3n) is 4.06. The van der Waals surface area contributed by atoms with Crippen molar-refractivity contribution in [1.82, 2.24) is 5.32 Å². The van der Waals surface area contributed by atoms with Crippen LogP contribution in [0.15, 0.2) is 18.2 Å². The van der Waals surface area contributed by atoms with Gasteiger partial charge in [-0.05, 0) is 44.9 Å². The molecule has 0 heterocycles. The van der Waals surface area contributed by atoms with E-state index in [1.807, 2.05) is 12.1 Å². The van der Waals surface area contributed by atoms with Crippen LogP contribution in [0, 0.1) is 5.92 Å². The number of rotatable bonds is 7. The molecule has 0 amide bonds. The highest BCUT2D eigenvalue weighted by Crippen LogP contribution is 2.36. The predicted molar refractivity (Wildman–Crippen MR) is 92.6 cm³/mol. The first-order valence-electron chi connectivity index (χ1n) is 7.90. The summed E-state index contributed by atoms with van der Waals surface area (Å²) in [6, 6.07) is 5.93. The first-order valence-corrected chi connectivity index (χ1v) is 8.28. The van der Waals surface area contributed by atoms with Crippen LogP contribution in [0.1, 0.15) is 58.9 Å². The summed E-state index contributed by atoms with van der Waals surface area (Å²) in [5.41, 5.74) is 1.33. The molecule has 0 bridgehead atoms. The van der Waals surface area contributed by atoms with Crippen LogP contribution in [-0.4, -0.2) is 19.2 Å². The molecule has 0 saturated heterocycles. The van der Waals surface area contributed by atoms with Gasteiger partial charge < -0.3 is 10.1 Å². The predicted octanol–water partition coefficient (Wildman–Crippen LogP) is 5.26. The Bertz CT molecular complexity index is 435. The zero-order valence-electron chi connectivity index (χ0n) is 14.3. The molecular weight excluding hydrogens is 282 g/mol. The summed E-state index contributed by atoms with van der Waals surface area (Å²) < 4.78 is 5.57. The monoisotopic (exact) mass is 311 g/mol. The molecule has 1 N–H and O–H groups in total. The lowest BCUT2D eigenvalue weighted by Crippen LogP contribution is -2.40. The van der Waals surface area contributed by atoms with Crippen molar-refractivity contribution < 1.29 is 4.74 Å². The SMILES string of the molecule is CCC(CC)C(CNC(C)(C)C)c1cc(Cl)ccc1OC. The maximum atomic E-state index is 6.22. The van der Waals surface area contributed by atoms with E-state index in [9.17, 15) is 0 Å². The van der Waals surface area contributed by atoms with Gasteiger partial charge in [-0.3, -0.25) is 0 Å². The summed E-state index contributed by atoms with van der Waals surface area (Å²) in [5.74, 6) is 1.96. The van der Waals surface area contributed by atoms with Crippen LogP contribution in [0.2, 0.25) is 5.02 Å². The molecule has 0 aromatic heterocycles. The van der Waals surface area contributed by atoms with Crippen molar-refractivity contribution in [3.8, 4) is 5.75 Å². The molecule has 0 saturated carbocycles. The molecule has 120 valence electrons. The fourth-order valence-electron chi connectivity index (χ4n) is 2.80. The van der Waals surface area contributed by atoms with Crippen LogP contribution in [0.5, 0.6) is 5.75 Å². The molecule has 0 aliphatic rings. The average molecular weight is 312 g/mol. The van der Waals surface area contributed by atoms with Crippen LogP contribution < -0.4 is 10.1 Å². The van der Waals surface area contributed by atoms with Crippen LogP contribution in [0.4, 0.5) is 0 Å². The lowest BCUT2D eigenvalue weighted by atomic mass is 9.81. The van der Waals surface area contributed by atoms with E-state index >= 15 is 0 Å². The highest BCUT2D eigenvalue weighted by molar-refractivity contribution is 6.30. The van der Waals surface area contributed by atoms with Gasteiger partial charge in [-0.2, -0.15) is 0 Å². The van der Waals surface area contributed by atoms with Crippen molar-refractivity contribution >= 4 is 11.6 Å². The van der Waals surface area contributed by atoms with E-state index in [0.29, 0.717) is 11.8 Å². The molecule has 0 aliphatic carbocycles. The fourth-order valence-corrected chi connectivity index (χ4v) is 2.98. The van der Waals surface area contributed by atoms with Crippen molar-refractivity contribution in [3.63, 3.8) is 0 Å². The van der Waals surface area contributed by atoms with Gasteiger partial charge in [0.25, 0.3) is 0 Å². The third kappa shape index (κ3) is 5.52.